The summed E-state index contributed by atoms with van der Waals surface area (Å²) in [6.07, 6.45) is 0. The number of para-hydroxylation sites is 1. The van der Waals surface area contributed by atoms with Gasteiger partial charge < -0.3 is 4.74 Å². The van der Waals surface area contributed by atoms with Crippen molar-refractivity contribution in [2.45, 2.75) is 17.1 Å². The Balaban J connectivity index is 2.26. The summed E-state index contributed by atoms with van der Waals surface area (Å²) in [6, 6.07) is 13.6. The fourth-order valence-corrected chi connectivity index (χ4v) is 3.32. The molecule has 0 saturated heterocycles. The molecule has 0 spiro atoms. The number of carbonyl (C=O) groups excluding carboxylic acids is 1. The van der Waals surface area contributed by atoms with Crippen molar-refractivity contribution in [2.75, 3.05) is 7.11 Å². The Morgan fingerprint density at radius 1 is 1.14 bits per heavy atom. The number of ketones is 1. The van der Waals surface area contributed by atoms with Gasteiger partial charge in [0, 0.05) is 10.6 Å². The Hall–Kier alpha value is -1.65. The van der Waals surface area contributed by atoms with Crippen molar-refractivity contribution in [3.05, 3.63) is 59.1 Å². The summed E-state index contributed by atoms with van der Waals surface area (Å²) < 4.78 is 17.8. The molecule has 0 heterocycles. The van der Waals surface area contributed by atoms with E-state index in [4.69, 9.17) is 16.3 Å². The predicted molar refractivity (Wildman–Crippen MR) is 84.6 cm³/mol. The van der Waals surface area contributed by atoms with E-state index in [-0.39, 0.29) is 5.78 Å². The van der Waals surface area contributed by atoms with Gasteiger partial charge in [-0.15, -0.1) is 0 Å². The molecule has 2 aromatic carbocycles. The van der Waals surface area contributed by atoms with Crippen LogP contribution in [0.5, 0.6) is 5.75 Å². The van der Waals surface area contributed by atoms with E-state index < -0.39 is 16.0 Å². The minimum Gasteiger partial charge on any atom is -0.495 e. The predicted octanol–water partition coefficient (Wildman–Crippen LogP) is 3.73. The third kappa shape index (κ3) is 3.52. The van der Waals surface area contributed by atoms with Crippen LogP contribution >= 0.6 is 11.6 Å². The van der Waals surface area contributed by atoms with E-state index in [2.05, 4.69) is 0 Å². The van der Waals surface area contributed by atoms with Crippen LogP contribution in [-0.2, 0) is 10.8 Å². The van der Waals surface area contributed by atoms with Gasteiger partial charge in [0.1, 0.15) is 5.75 Å². The van der Waals surface area contributed by atoms with Crippen molar-refractivity contribution >= 4 is 28.2 Å². The Kier molecular flexibility index (Phi) is 5.15. The molecule has 0 aliphatic carbocycles. The van der Waals surface area contributed by atoms with Crippen LogP contribution in [0.25, 0.3) is 0 Å². The summed E-state index contributed by atoms with van der Waals surface area (Å²) in [5, 5.41) is -0.104. The topological polar surface area (TPSA) is 43.4 Å². The average Bonchev–Trinajstić information content (AvgIpc) is 2.53. The number of hydrogen-bond acceptors (Lipinski definition) is 3. The number of halogens is 1. The highest BCUT2D eigenvalue weighted by atomic mass is 35.5. The SMILES string of the molecule is COc1ccccc1S(=O)C(C)C(=O)c1ccc(Cl)cc1. The zero-order valence-corrected chi connectivity index (χ0v) is 13.3. The molecule has 2 rings (SSSR count). The molecule has 3 nitrogen and oxygen atoms in total. The first-order valence-corrected chi connectivity index (χ1v) is 7.97. The first kappa shape index (κ1) is 15.7. The van der Waals surface area contributed by atoms with Gasteiger partial charge >= 0.3 is 0 Å². The number of methoxy groups -OCH3 is 1. The van der Waals surface area contributed by atoms with Crippen LogP contribution in [-0.4, -0.2) is 22.4 Å². The fourth-order valence-electron chi connectivity index (χ4n) is 1.92. The van der Waals surface area contributed by atoms with Crippen molar-refractivity contribution < 1.29 is 13.7 Å². The molecule has 0 radical (unpaired) electrons. The summed E-state index contributed by atoms with van der Waals surface area (Å²) in [4.78, 5) is 12.9. The van der Waals surface area contributed by atoms with E-state index in [1.54, 1.807) is 55.5 Å². The summed E-state index contributed by atoms with van der Waals surface area (Å²) in [6.45, 7) is 1.65. The van der Waals surface area contributed by atoms with Gasteiger partial charge in [-0.05, 0) is 43.3 Å². The zero-order chi connectivity index (χ0) is 15.4. The van der Waals surface area contributed by atoms with Gasteiger partial charge in [-0.2, -0.15) is 0 Å². The largest absolute Gasteiger partial charge is 0.495 e. The highest BCUT2D eigenvalue weighted by Crippen LogP contribution is 2.25. The maximum Gasteiger partial charge on any atom is 0.178 e. The van der Waals surface area contributed by atoms with Gasteiger partial charge in [-0.1, -0.05) is 23.7 Å². The summed E-state index contributed by atoms with van der Waals surface area (Å²) in [7, 11) is 0.0325. The van der Waals surface area contributed by atoms with Crippen LogP contribution in [0.15, 0.2) is 53.4 Å². The summed E-state index contributed by atoms with van der Waals surface area (Å²) in [5.74, 6) is 0.336. The van der Waals surface area contributed by atoms with Crippen molar-refractivity contribution in [1.29, 1.82) is 0 Å². The normalized spacial score (nSPS) is 13.5. The molecule has 0 amide bonds. The first-order chi connectivity index (χ1) is 10.0. The molecule has 0 aromatic heterocycles. The van der Waals surface area contributed by atoms with E-state index in [0.717, 1.165) is 0 Å². The lowest BCUT2D eigenvalue weighted by molar-refractivity contribution is 0.0992. The monoisotopic (exact) mass is 322 g/mol. The minimum absolute atomic E-state index is 0.184. The van der Waals surface area contributed by atoms with Crippen LogP contribution < -0.4 is 4.74 Å². The summed E-state index contributed by atoms with van der Waals surface area (Å²) in [5.41, 5.74) is 0.496. The van der Waals surface area contributed by atoms with Gasteiger partial charge in [0.15, 0.2) is 5.78 Å². The van der Waals surface area contributed by atoms with E-state index in [9.17, 15) is 9.00 Å². The average molecular weight is 323 g/mol. The van der Waals surface area contributed by atoms with Crippen molar-refractivity contribution in [1.82, 2.24) is 0 Å². The molecule has 2 atom stereocenters. The molecule has 0 aliphatic heterocycles. The zero-order valence-electron chi connectivity index (χ0n) is 11.7. The maximum absolute atomic E-state index is 12.6. The smallest absolute Gasteiger partial charge is 0.178 e. The van der Waals surface area contributed by atoms with Crippen molar-refractivity contribution in [2.24, 2.45) is 0 Å². The van der Waals surface area contributed by atoms with Crippen molar-refractivity contribution in [3.8, 4) is 5.75 Å². The molecule has 2 unspecified atom stereocenters. The van der Waals surface area contributed by atoms with Crippen LogP contribution in [0.2, 0.25) is 5.02 Å². The Morgan fingerprint density at radius 3 is 2.38 bits per heavy atom. The Bertz CT molecular complexity index is 667. The second-order valence-corrected chi connectivity index (χ2v) is 6.64. The van der Waals surface area contributed by atoms with E-state index >= 15 is 0 Å². The summed E-state index contributed by atoms with van der Waals surface area (Å²) >= 11 is 5.81. The molecule has 21 heavy (non-hydrogen) atoms. The lowest BCUT2D eigenvalue weighted by atomic mass is 10.1. The van der Waals surface area contributed by atoms with Crippen molar-refractivity contribution in [3.63, 3.8) is 0 Å². The van der Waals surface area contributed by atoms with Gasteiger partial charge in [-0.25, -0.2) is 0 Å². The third-order valence-electron chi connectivity index (χ3n) is 3.10. The molecular weight excluding hydrogens is 308 g/mol. The van der Waals surface area contributed by atoms with E-state index in [1.807, 2.05) is 0 Å². The van der Waals surface area contributed by atoms with Gasteiger partial charge in [-0.3, -0.25) is 9.00 Å². The highest BCUT2D eigenvalue weighted by Gasteiger charge is 2.24. The molecule has 0 aliphatic rings. The lowest BCUT2D eigenvalue weighted by Gasteiger charge is -2.13. The Morgan fingerprint density at radius 2 is 1.76 bits per heavy atom. The van der Waals surface area contributed by atoms with Crippen LogP contribution in [0.3, 0.4) is 0 Å². The minimum atomic E-state index is -1.48. The van der Waals surface area contributed by atoms with Gasteiger partial charge in [0.05, 0.1) is 28.1 Å². The van der Waals surface area contributed by atoms with E-state index in [0.29, 0.717) is 21.2 Å². The molecular formula is C16H15ClO3S. The second-order valence-electron chi connectivity index (χ2n) is 4.46. The second kappa shape index (κ2) is 6.87. The molecule has 0 fully saturated rings. The fraction of sp³-hybridized carbons (Fsp3) is 0.188. The number of Topliss-reactive ketones (excluding diaryl/α,β-unsaturated/α-hetero) is 1. The highest BCUT2D eigenvalue weighted by molar-refractivity contribution is 7.86. The Labute approximate surface area is 131 Å². The third-order valence-corrected chi connectivity index (χ3v) is 4.98. The van der Waals surface area contributed by atoms with Crippen LogP contribution in [0, 0.1) is 0 Å². The first-order valence-electron chi connectivity index (χ1n) is 6.38. The van der Waals surface area contributed by atoms with Gasteiger partial charge in [0.25, 0.3) is 0 Å². The number of benzene rings is 2. The number of ether oxygens (including phenoxy) is 1. The number of carbonyl (C=O) groups is 1. The standard InChI is InChI=1S/C16H15ClO3S/c1-11(16(18)12-7-9-13(17)10-8-12)21(19)15-6-4-3-5-14(15)20-2/h3-11H,1-2H3. The molecule has 0 N–H and O–H groups in total. The lowest BCUT2D eigenvalue weighted by Crippen LogP contribution is -2.23. The van der Waals surface area contributed by atoms with Gasteiger partial charge in [0.2, 0.25) is 0 Å². The maximum atomic E-state index is 12.6. The molecule has 2 aromatic rings. The molecule has 0 saturated carbocycles. The number of rotatable bonds is 5. The van der Waals surface area contributed by atoms with Crippen LogP contribution in [0.1, 0.15) is 17.3 Å². The van der Waals surface area contributed by atoms with Crippen LogP contribution in [0.4, 0.5) is 0 Å². The molecule has 0 bridgehead atoms. The van der Waals surface area contributed by atoms with E-state index in [1.165, 1.54) is 7.11 Å². The number of hydrogen-bond donors (Lipinski definition) is 0. The molecule has 110 valence electrons. The quantitative estimate of drug-likeness (QED) is 0.788. The molecule has 5 heteroatoms.